The van der Waals surface area contributed by atoms with Gasteiger partial charge < -0.3 is 9.47 Å². The van der Waals surface area contributed by atoms with Crippen LogP contribution in [0.3, 0.4) is 0 Å². The second-order valence-electron chi connectivity index (χ2n) is 3.33. The van der Waals surface area contributed by atoms with E-state index in [9.17, 15) is 0 Å². The normalized spacial score (nSPS) is 45.9. The van der Waals surface area contributed by atoms with Crippen molar-refractivity contribution < 1.29 is 9.47 Å². The fourth-order valence-corrected chi connectivity index (χ4v) is 1.86. The average Bonchev–Trinajstić information content (AvgIpc) is 2.29. The lowest BCUT2D eigenvalue weighted by Crippen LogP contribution is -2.39. The van der Waals surface area contributed by atoms with Crippen molar-refractivity contribution >= 4 is 0 Å². The minimum atomic E-state index is 0.114. The van der Waals surface area contributed by atoms with Crippen molar-refractivity contribution in [3.63, 3.8) is 0 Å². The molecule has 2 aliphatic rings. The Balaban J connectivity index is 2.10. The van der Waals surface area contributed by atoms with Crippen LogP contribution >= 0.6 is 0 Å². The molecule has 0 aromatic rings. The van der Waals surface area contributed by atoms with Crippen molar-refractivity contribution in [3.05, 3.63) is 0 Å². The maximum absolute atomic E-state index is 5.81. The summed E-state index contributed by atoms with van der Waals surface area (Å²) >= 11 is 0. The van der Waals surface area contributed by atoms with Crippen molar-refractivity contribution in [2.75, 3.05) is 13.2 Å². The molecule has 2 heterocycles. The number of hydrogen-bond acceptors (Lipinski definition) is 2. The summed E-state index contributed by atoms with van der Waals surface area (Å²) in [5.74, 6) is 0. The third-order valence-corrected chi connectivity index (χ3v) is 2.65. The summed E-state index contributed by atoms with van der Waals surface area (Å²) in [6, 6.07) is 0. The fourth-order valence-electron chi connectivity index (χ4n) is 1.86. The molecule has 0 saturated carbocycles. The van der Waals surface area contributed by atoms with Gasteiger partial charge in [0.25, 0.3) is 0 Å². The van der Waals surface area contributed by atoms with E-state index in [-0.39, 0.29) is 5.60 Å². The predicted molar refractivity (Wildman–Crippen MR) is 37.9 cm³/mol. The van der Waals surface area contributed by atoms with Crippen molar-refractivity contribution in [2.45, 2.75) is 37.9 Å². The minimum Gasteiger partial charge on any atom is -0.376 e. The van der Waals surface area contributed by atoms with E-state index < -0.39 is 0 Å². The van der Waals surface area contributed by atoms with Crippen molar-refractivity contribution in [1.82, 2.24) is 0 Å². The van der Waals surface area contributed by atoms with Crippen LogP contribution in [0, 0.1) is 0 Å². The molecule has 2 aliphatic heterocycles. The highest BCUT2D eigenvalue weighted by Gasteiger charge is 2.42. The van der Waals surface area contributed by atoms with Gasteiger partial charge in [0.1, 0.15) is 0 Å². The van der Waals surface area contributed by atoms with Crippen LogP contribution in [0.25, 0.3) is 0 Å². The van der Waals surface area contributed by atoms with E-state index in [0.29, 0.717) is 6.10 Å². The van der Waals surface area contributed by atoms with E-state index in [2.05, 4.69) is 6.92 Å². The van der Waals surface area contributed by atoms with E-state index in [1.165, 1.54) is 12.8 Å². The lowest BCUT2D eigenvalue weighted by atomic mass is 9.98. The molecule has 0 radical (unpaired) electrons. The fraction of sp³-hybridized carbons (Fsp3) is 1.00. The lowest BCUT2D eigenvalue weighted by molar-refractivity contribution is -0.159. The SMILES string of the molecule is CCC12CCC(COC1)O2. The second-order valence-corrected chi connectivity index (χ2v) is 3.33. The van der Waals surface area contributed by atoms with E-state index in [4.69, 9.17) is 9.47 Å². The van der Waals surface area contributed by atoms with Gasteiger partial charge in [0.15, 0.2) is 0 Å². The molecule has 58 valence electrons. The van der Waals surface area contributed by atoms with Crippen LogP contribution in [0.15, 0.2) is 0 Å². The molecule has 0 aromatic carbocycles. The van der Waals surface area contributed by atoms with Gasteiger partial charge >= 0.3 is 0 Å². The summed E-state index contributed by atoms with van der Waals surface area (Å²) in [6.45, 7) is 3.82. The predicted octanol–water partition coefficient (Wildman–Crippen LogP) is 1.34. The summed E-state index contributed by atoms with van der Waals surface area (Å²) in [4.78, 5) is 0. The molecule has 2 nitrogen and oxygen atoms in total. The Kier molecular flexibility index (Phi) is 1.46. The molecule has 2 heteroatoms. The van der Waals surface area contributed by atoms with Crippen LogP contribution in [0.2, 0.25) is 0 Å². The first-order valence-corrected chi connectivity index (χ1v) is 4.10. The van der Waals surface area contributed by atoms with Crippen molar-refractivity contribution in [2.24, 2.45) is 0 Å². The highest BCUT2D eigenvalue weighted by atomic mass is 16.6. The van der Waals surface area contributed by atoms with Gasteiger partial charge in [-0.1, -0.05) is 6.92 Å². The quantitative estimate of drug-likeness (QED) is 0.550. The summed E-state index contributed by atoms with van der Waals surface area (Å²) < 4.78 is 11.2. The third kappa shape index (κ3) is 0.867. The Labute approximate surface area is 61.5 Å². The molecule has 2 saturated heterocycles. The molecule has 10 heavy (non-hydrogen) atoms. The Bertz CT molecular complexity index is 131. The molecule has 2 unspecified atom stereocenters. The van der Waals surface area contributed by atoms with Gasteiger partial charge in [-0.05, 0) is 19.3 Å². The zero-order valence-electron chi connectivity index (χ0n) is 6.43. The molecule has 0 aromatic heterocycles. The summed E-state index contributed by atoms with van der Waals surface area (Å²) in [5, 5.41) is 0. The molecular formula is C8H14O2. The van der Waals surface area contributed by atoms with Crippen LogP contribution in [-0.4, -0.2) is 24.9 Å². The molecule has 0 amide bonds. The van der Waals surface area contributed by atoms with Gasteiger partial charge in [0, 0.05) is 0 Å². The van der Waals surface area contributed by atoms with Crippen LogP contribution in [-0.2, 0) is 9.47 Å². The molecule has 2 rings (SSSR count). The number of ether oxygens (including phenoxy) is 2. The van der Waals surface area contributed by atoms with Crippen molar-refractivity contribution in [1.29, 1.82) is 0 Å². The molecule has 2 bridgehead atoms. The Morgan fingerprint density at radius 1 is 1.60 bits per heavy atom. The van der Waals surface area contributed by atoms with Crippen LogP contribution in [0.4, 0.5) is 0 Å². The summed E-state index contributed by atoms with van der Waals surface area (Å²) in [7, 11) is 0. The first-order valence-electron chi connectivity index (χ1n) is 4.10. The largest absolute Gasteiger partial charge is 0.376 e. The third-order valence-electron chi connectivity index (χ3n) is 2.65. The molecule has 2 fully saturated rings. The standard InChI is InChI=1S/C8H14O2/c1-2-8-4-3-7(10-8)5-9-6-8/h7H,2-6H2,1H3. The highest BCUT2D eigenvalue weighted by Crippen LogP contribution is 2.36. The van der Waals surface area contributed by atoms with Gasteiger partial charge in [-0.15, -0.1) is 0 Å². The zero-order valence-corrected chi connectivity index (χ0v) is 6.43. The van der Waals surface area contributed by atoms with Gasteiger partial charge in [0.2, 0.25) is 0 Å². The Hall–Kier alpha value is -0.0800. The van der Waals surface area contributed by atoms with E-state index in [1.54, 1.807) is 0 Å². The van der Waals surface area contributed by atoms with Gasteiger partial charge in [0.05, 0.1) is 24.9 Å². The van der Waals surface area contributed by atoms with Crippen LogP contribution in [0.5, 0.6) is 0 Å². The first-order chi connectivity index (χ1) is 4.85. The van der Waals surface area contributed by atoms with E-state index in [0.717, 1.165) is 19.6 Å². The van der Waals surface area contributed by atoms with Crippen LogP contribution in [0.1, 0.15) is 26.2 Å². The van der Waals surface area contributed by atoms with Gasteiger partial charge in [-0.3, -0.25) is 0 Å². The smallest absolute Gasteiger partial charge is 0.0918 e. The molecule has 2 atom stereocenters. The van der Waals surface area contributed by atoms with Gasteiger partial charge in [-0.2, -0.15) is 0 Å². The number of fused-ring (bicyclic) bond motifs is 2. The number of hydrogen-bond donors (Lipinski definition) is 0. The summed E-state index contributed by atoms with van der Waals surface area (Å²) in [6.07, 6.45) is 3.92. The zero-order chi connectivity index (χ0) is 7.03. The molecule has 0 N–H and O–H groups in total. The highest BCUT2D eigenvalue weighted by molar-refractivity contribution is 4.90. The van der Waals surface area contributed by atoms with Gasteiger partial charge in [-0.25, -0.2) is 0 Å². The first kappa shape index (κ1) is 6.62. The van der Waals surface area contributed by atoms with Crippen molar-refractivity contribution in [3.8, 4) is 0 Å². The average molecular weight is 142 g/mol. The van der Waals surface area contributed by atoms with E-state index >= 15 is 0 Å². The van der Waals surface area contributed by atoms with E-state index in [1.807, 2.05) is 0 Å². The monoisotopic (exact) mass is 142 g/mol. The molecule has 0 aliphatic carbocycles. The lowest BCUT2D eigenvalue weighted by Gasteiger charge is -2.32. The molecular weight excluding hydrogens is 128 g/mol. The minimum absolute atomic E-state index is 0.114. The molecule has 0 spiro atoms. The van der Waals surface area contributed by atoms with Crippen LogP contribution < -0.4 is 0 Å². The second kappa shape index (κ2) is 2.21. The maximum Gasteiger partial charge on any atom is 0.0918 e. The Morgan fingerprint density at radius 2 is 2.50 bits per heavy atom. The Morgan fingerprint density at radius 3 is 3.20 bits per heavy atom. The maximum atomic E-state index is 5.81. The summed E-state index contributed by atoms with van der Waals surface area (Å²) in [5.41, 5.74) is 0.114. The number of rotatable bonds is 1. The topological polar surface area (TPSA) is 18.5 Å².